The van der Waals surface area contributed by atoms with Gasteiger partial charge in [0.05, 0.1) is 43.5 Å². The van der Waals surface area contributed by atoms with Crippen LogP contribution < -0.4 is 5.32 Å². The highest BCUT2D eigenvalue weighted by Crippen LogP contribution is 2.32. The van der Waals surface area contributed by atoms with E-state index in [1.165, 1.54) is 13.0 Å². The van der Waals surface area contributed by atoms with Gasteiger partial charge in [0.25, 0.3) is 0 Å². The zero-order chi connectivity index (χ0) is 21.5. The van der Waals surface area contributed by atoms with Gasteiger partial charge in [0.2, 0.25) is 5.91 Å². The van der Waals surface area contributed by atoms with E-state index < -0.39 is 11.7 Å². The third-order valence-corrected chi connectivity index (χ3v) is 5.81. The molecule has 7 nitrogen and oxygen atoms in total. The second-order valence-corrected chi connectivity index (χ2v) is 8.03. The van der Waals surface area contributed by atoms with Crippen LogP contribution in [0.4, 0.5) is 18.0 Å². The van der Waals surface area contributed by atoms with E-state index in [4.69, 9.17) is 9.47 Å². The average Bonchev–Trinajstić information content (AvgIpc) is 2.66. The van der Waals surface area contributed by atoms with E-state index in [2.05, 4.69) is 5.32 Å². The first-order valence-electron chi connectivity index (χ1n) is 9.94. The fourth-order valence-corrected chi connectivity index (χ4v) is 4.05. The predicted octanol–water partition coefficient (Wildman–Crippen LogP) is 1.92. The summed E-state index contributed by atoms with van der Waals surface area (Å²) >= 11 is 0. The Morgan fingerprint density at radius 3 is 2.77 bits per heavy atom. The minimum absolute atomic E-state index is 0.0599. The molecule has 0 saturated carbocycles. The van der Waals surface area contributed by atoms with Crippen molar-refractivity contribution in [2.24, 2.45) is 0 Å². The SMILES string of the molecule is Cc1ccc(COC2CN(C(=O)N3CC[C@@H]4OCC(=O)N[C@@H]4C3)C2)cc1C(F)(F)F. The molecule has 0 radical (unpaired) electrons. The molecule has 0 unspecified atom stereocenters. The summed E-state index contributed by atoms with van der Waals surface area (Å²) < 4.78 is 50.3. The molecule has 0 bridgehead atoms. The van der Waals surface area contributed by atoms with Crippen LogP contribution in [0, 0.1) is 6.92 Å². The van der Waals surface area contributed by atoms with Crippen LogP contribution in [0.25, 0.3) is 0 Å². The van der Waals surface area contributed by atoms with Crippen LogP contribution in [0.2, 0.25) is 0 Å². The number of nitrogens with zero attached hydrogens (tertiary/aromatic N) is 2. The summed E-state index contributed by atoms with van der Waals surface area (Å²) in [6.07, 6.45) is -4.00. The van der Waals surface area contributed by atoms with Crippen molar-refractivity contribution in [1.82, 2.24) is 15.1 Å². The molecule has 3 fully saturated rings. The van der Waals surface area contributed by atoms with Crippen molar-refractivity contribution in [2.45, 2.75) is 44.4 Å². The molecule has 1 aromatic carbocycles. The molecule has 3 aliphatic rings. The Morgan fingerprint density at radius 2 is 2.03 bits per heavy atom. The lowest BCUT2D eigenvalue weighted by Gasteiger charge is -2.45. The topological polar surface area (TPSA) is 71.1 Å². The molecule has 0 spiro atoms. The van der Waals surface area contributed by atoms with Crippen molar-refractivity contribution in [2.75, 3.05) is 32.8 Å². The number of likely N-dealkylation sites (tertiary alicyclic amines) is 2. The van der Waals surface area contributed by atoms with E-state index >= 15 is 0 Å². The number of carbonyl (C=O) groups is 2. The largest absolute Gasteiger partial charge is 0.416 e. The van der Waals surface area contributed by atoms with Gasteiger partial charge in [-0.25, -0.2) is 4.79 Å². The van der Waals surface area contributed by atoms with Crippen LogP contribution in [0.5, 0.6) is 0 Å². The maximum atomic E-state index is 13.0. The molecule has 3 aliphatic heterocycles. The van der Waals surface area contributed by atoms with Crippen LogP contribution in [-0.2, 0) is 27.1 Å². The van der Waals surface area contributed by atoms with Gasteiger partial charge >= 0.3 is 12.2 Å². The third-order valence-electron chi connectivity index (χ3n) is 5.81. The standard InChI is InChI=1S/C20H24F3N3O4/c1-12-2-3-13(6-15(12)20(21,22)23)10-29-14-7-26(8-14)19(28)25-5-4-17-16(9-25)24-18(27)11-30-17/h2-3,6,14,16-17H,4-5,7-11H2,1H3,(H,24,27)/t16-,17+/m1/s1. The highest BCUT2D eigenvalue weighted by atomic mass is 19.4. The van der Waals surface area contributed by atoms with Gasteiger partial charge in [-0.3, -0.25) is 4.79 Å². The smallest absolute Gasteiger partial charge is 0.370 e. The molecule has 0 aliphatic carbocycles. The molecule has 10 heteroatoms. The number of urea groups is 1. The van der Waals surface area contributed by atoms with Gasteiger partial charge in [0.1, 0.15) is 6.61 Å². The average molecular weight is 427 g/mol. The van der Waals surface area contributed by atoms with Crippen molar-refractivity contribution in [3.8, 4) is 0 Å². The van der Waals surface area contributed by atoms with Crippen LogP contribution >= 0.6 is 0 Å². The minimum atomic E-state index is -4.39. The normalized spacial score (nSPS) is 24.9. The van der Waals surface area contributed by atoms with E-state index in [0.717, 1.165) is 6.07 Å². The zero-order valence-corrected chi connectivity index (χ0v) is 16.6. The van der Waals surface area contributed by atoms with Gasteiger partial charge in [-0.15, -0.1) is 0 Å². The van der Waals surface area contributed by atoms with Crippen molar-refractivity contribution in [3.05, 3.63) is 34.9 Å². The first kappa shape index (κ1) is 20.9. The number of morpholine rings is 1. The maximum Gasteiger partial charge on any atom is 0.416 e. The summed E-state index contributed by atoms with van der Waals surface area (Å²) in [6.45, 7) is 3.30. The minimum Gasteiger partial charge on any atom is -0.370 e. The number of amides is 3. The summed E-state index contributed by atoms with van der Waals surface area (Å²) in [5.41, 5.74) is -0.0287. The van der Waals surface area contributed by atoms with Crippen LogP contribution in [-0.4, -0.2) is 72.8 Å². The van der Waals surface area contributed by atoms with Gasteiger partial charge in [0.15, 0.2) is 0 Å². The summed E-state index contributed by atoms with van der Waals surface area (Å²) in [7, 11) is 0. The summed E-state index contributed by atoms with van der Waals surface area (Å²) in [4.78, 5) is 27.5. The maximum absolute atomic E-state index is 13.0. The number of aryl methyl sites for hydroxylation is 1. The van der Waals surface area contributed by atoms with Gasteiger partial charge in [-0.05, 0) is 30.5 Å². The monoisotopic (exact) mass is 427 g/mol. The lowest BCUT2D eigenvalue weighted by atomic mass is 10.0. The number of piperidine rings is 1. The molecule has 3 saturated heterocycles. The number of nitrogens with one attached hydrogen (secondary N) is 1. The number of fused-ring (bicyclic) bond motifs is 1. The molecule has 1 N–H and O–H groups in total. The lowest BCUT2D eigenvalue weighted by molar-refractivity contribution is -0.140. The van der Waals surface area contributed by atoms with Gasteiger partial charge < -0.3 is 24.6 Å². The Balaban J connectivity index is 1.24. The molecule has 30 heavy (non-hydrogen) atoms. The first-order chi connectivity index (χ1) is 14.2. The lowest BCUT2D eigenvalue weighted by Crippen LogP contribution is -2.65. The van der Waals surface area contributed by atoms with Gasteiger partial charge in [-0.1, -0.05) is 12.1 Å². The summed E-state index contributed by atoms with van der Waals surface area (Å²) in [5, 5.41) is 2.86. The molecule has 0 aromatic heterocycles. The molecule has 2 atom stereocenters. The van der Waals surface area contributed by atoms with E-state index in [0.29, 0.717) is 38.2 Å². The molecule has 1 aromatic rings. The summed E-state index contributed by atoms with van der Waals surface area (Å²) in [6, 6.07) is 3.86. The van der Waals surface area contributed by atoms with Crippen molar-refractivity contribution < 1.29 is 32.2 Å². The molecule has 4 rings (SSSR count). The number of carbonyl (C=O) groups excluding carboxylic acids is 2. The fraction of sp³-hybridized carbons (Fsp3) is 0.600. The van der Waals surface area contributed by atoms with Crippen LogP contribution in [0.15, 0.2) is 18.2 Å². The van der Waals surface area contributed by atoms with E-state index in [9.17, 15) is 22.8 Å². The van der Waals surface area contributed by atoms with Crippen LogP contribution in [0.3, 0.4) is 0 Å². The Kier molecular flexibility index (Phi) is 5.63. The van der Waals surface area contributed by atoms with Gasteiger partial charge in [0, 0.05) is 13.1 Å². The molecular formula is C20H24F3N3O4. The van der Waals surface area contributed by atoms with Gasteiger partial charge in [-0.2, -0.15) is 13.2 Å². The van der Waals surface area contributed by atoms with Crippen molar-refractivity contribution in [3.63, 3.8) is 0 Å². The highest BCUT2D eigenvalue weighted by molar-refractivity contribution is 5.79. The quantitative estimate of drug-likeness (QED) is 0.800. The Labute approximate surface area is 172 Å². The zero-order valence-electron chi connectivity index (χ0n) is 16.6. The summed E-state index contributed by atoms with van der Waals surface area (Å²) in [5.74, 6) is -0.173. The number of alkyl halides is 3. The predicted molar refractivity (Wildman–Crippen MR) is 99.6 cm³/mol. The molecule has 3 heterocycles. The second-order valence-electron chi connectivity index (χ2n) is 8.03. The number of hydrogen-bond donors (Lipinski definition) is 1. The van der Waals surface area contributed by atoms with E-state index in [-0.39, 0.29) is 49.0 Å². The fourth-order valence-electron chi connectivity index (χ4n) is 4.05. The second kappa shape index (κ2) is 8.07. The molecule has 3 amide bonds. The first-order valence-corrected chi connectivity index (χ1v) is 9.94. The highest BCUT2D eigenvalue weighted by Gasteiger charge is 2.40. The van der Waals surface area contributed by atoms with Crippen molar-refractivity contribution in [1.29, 1.82) is 0 Å². The number of benzene rings is 1. The Hall–Kier alpha value is -2.33. The molecular weight excluding hydrogens is 403 g/mol. The number of halogens is 3. The van der Waals surface area contributed by atoms with Crippen LogP contribution in [0.1, 0.15) is 23.1 Å². The van der Waals surface area contributed by atoms with E-state index in [1.807, 2.05) is 0 Å². The third kappa shape index (κ3) is 4.39. The number of ether oxygens (including phenoxy) is 2. The number of rotatable bonds is 3. The van der Waals surface area contributed by atoms with Crippen molar-refractivity contribution >= 4 is 11.9 Å². The Morgan fingerprint density at radius 1 is 1.27 bits per heavy atom. The number of hydrogen-bond acceptors (Lipinski definition) is 4. The Bertz CT molecular complexity index is 826. The molecule has 164 valence electrons. The van der Waals surface area contributed by atoms with E-state index in [1.54, 1.807) is 15.9 Å².